The average molecular weight is 463 g/mol. The zero-order valence-electron chi connectivity index (χ0n) is 19.0. The Hall–Kier alpha value is -3.62. The number of hydrogen-bond donors (Lipinski definition) is 0. The Bertz CT molecular complexity index is 1200. The van der Waals surface area contributed by atoms with E-state index in [-0.39, 0.29) is 5.38 Å². The second kappa shape index (κ2) is 10.1. The van der Waals surface area contributed by atoms with Gasteiger partial charge in [-0.15, -0.1) is 11.6 Å². The van der Waals surface area contributed by atoms with Crippen LogP contribution in [-0.4, -0.2) is 9.55 Å². The first-order chi connectivity index (χ1) is 16.8. The minimum absolute atomic E-state index is 0.0338. The van der Waals surface area contributed by atoms with Gasteiger partial charge in [-0.2, -0.15) is 0 Å². The third-order valence-electron chi connectivity index (χ3n) is 6.41. The van der Waals surface area contributed by atoms with Gasteiger partial charge in [0.1, 0.15) is 5.54 Å². The third kappa shape index (κ3) is 4.30. The van der Waals surface area contributed by atoms with Crippen LogP contribution in [0, 0.1) is 0 Å². The molecule has 3 heteroatoms. The molecule has 2 nitrogen and oxygen atoms in total. The number of imidazole rings is 1. The maximum atomic E-state index is 6.71. The lowest BCUT2D eigenvalue weighted by atomic mass is 9.77. The summed E-state index contributed by atoms with van der Waals surface area (Å²) in [4.78, 5) is 4.83. The predicted octanol–water partition coefficient (Wildman–Crippen LogP) is 7.64. The molecule has 1 unspecified atom stereocenters. The Balaban J connectivity index is 1.58. The molecular formula is C31H27ClN2. The molecule has 0 radical (unpaired) electrons. The Labute approximate surface area is 206 Å². The zero-order chi connectivity index (χ0) is 23.2. The molecule has 1 heterocycles. The Morgan fingerprint density at radius 1 is 0.647 bits per heavy atom. The Morgan fingerprint density at radius 2 is 1.09 bits per heavy atom. The number of rotatable bonds is 8. The Morgan fingerprint density at radius 3 is 1.56 bits per heavy atom. The third-order valence-corrected chi connectivity index (χ3v) is 6.88. The summed E-state index contributed by atoms with van der Waals surface area (Å²) in [6, 6.07) is 42.3. The second-order valence-corrected chi connectivity index (χ2v) is 9.02. The van der Waals surface area contributed by atoms with E-state index in [0.717, 1.165) is 24.1 Å². The summed E-state index contributed by atoms with van der Waals surface area (Å²) in [5, 5.41) is -0.0338. The molecule has 0 amide bonds. The number of aromatic nitrogens is 2. The average Bonchev–Trinajstić information content (AvgIpc) is 3.39. The van der Waals surface area contributed by atoms with E-state index >= 15 is 0 Å². The fourth-order valence-corrected chi connectivity index (χ4v) is 5.02. The highest BCUT2D eigenvalue weighted by Crippen LogP contribution is 2.41. The van der Waals surface area contributed by atoms with Crippen LogP contribution in [0.1, 0.15) is 39.7 Å². The van der Waals surface area contributed by atoms with Crippen molar-refractivity contribution in [2.45, 2.75) is 23.8 Å². The lowest BCUT2D eigenvalue weighted by Gasteiger charge is -2.37. The summed E-state index contributed by atoms with van der Waals surface area (Å²) >= 11 is 6.71. The van der Waals surface area contributed by atoms with Gasteiger partial charge in [-0.3, -0.25) is 0 Å². The molecule has 5 aromatic rings. The highest BCUT2D eigenvalue weighted by molar-refractivity contribution is 6.20. The summed E-state index contributed by atoms with van der Waals surface area (Å²) in [5.41, 5.74) is 5.22. The van der Waals surface area contributed by atoms with Crippen molar-refractivity contribution in [1.82, 2.24) is 9.55 Å². The second-order valence-electron chi connectivity index (χ2n) is 8.50. The van der Waals surface area contributed by atoms with Crippen LogP contribution < -0.4 is 0 Å². The van der Waals surface area contributed by atoms with Crippen LogP contribution in [0.5, 0.6) is 0 Å². The van der Waals surface area contributed by atoms with E-state index in [1.165, 1.54) is 16.7 Å². The number of nitrogens with zero attached hydrogens (tertiary/aromatic N) is 2. The van der Waals surface area contributed by atoms with Gasteiger partial charge in [-0.05, 0) is 35.1 Å². The minimum Gasteiger partial charge on any atom is -0.319 e. The fourth-order valence-electron chi connectivity index (χ4n) is 4.76. The molecule has 0 spiro atoms. The highest BCUT2D eigenvalue weighted by atomic mass is 35.5. The normalized spacial score (nSPS) is 12.4. The molecule has 0 aliphatic rings. The molecule has 0 saturated heterocycles. The van der Waals surface area contributed by atoms with E-state index in [1.54, 1.807) is 0 Å². The van der Waals surface area contributed by atoms with Crippen LogP contribution in [0.4, 0.5) is 0 Å². The maximum absolute atomic E-state index is 6.71. The van der Waals surface area contributed by atoms with Gasteiger partial charge in [-0.1, -0.05) is 121 Å². The molecular weight excluding hydrogens is 436 g/mol. The number of aryl methyl sites for hydroxylation is 1. The van der Waals surface area contributed by atoms with Crippen molar-refractivity contribution < 1.29 is 0 Å². The van der Waals surface area contributed by atoms with Crippen LogP contribution >= 0.6 is 11.6 Å². The fraction of sp³-hybridized carbons (Fsp3) is 0.129. The SMILES string of the molecule is ClC(CCc1cn(C(c2ccccc2)(c2ccccc2)c2ccccc2)cn1)c1ccccc1. The molecule has 34 heavy (non-hydrogen) atoms. The topological polar surface area (TPSA) is 17.8 Å². The van der Waals surface area contributed by atoms with Crippen molar-refractivity contribution in [3.8, 4) is 0 Å². The Kier molecular flexibility index (Phi) is 6.60. The summed E-state index contributed by atoms with van der Waals surface area (Å²) < 4.78 is 2.26. The first-order valence-corrected chi connectivity index (χ1v) is 12.1. The van der Waals surface area contributed by atoms with Crippen molar-refractivity contribution in [2.75, 3.05) is 0 Å². The smallest absolute Gasteiger partial charge is 0.121 e. The number of hydrogen-bond acceptors (Lipinski definition) is 1. The molecule has 0 N–H and O–H groups in total. The van der Waals surface area contributed by atoms with Gasteiger partial charge in [0.2, 0.25) is 0 Å². The lowest BCUT2D eigenvalue weighted by molar-refractivity contribution is 0.514. The van der Waals surface area contributed by atoms with E-state index in [0.29, 0.717) is 0 Å². The van der Waals surface area contributed by atoms with Gasteiger partial charge in [0, 0.05) is 6.20 Å². The number of benzene rings is 4. The first kappa shape index (κ1) is 22.2. The van der Waals surface area contributed by atoms with E-state index in [4.69, 9.17) is 16.6 Å². The van der Waals surface area contributed by atoms with Crippen molar-refractivity contribution in [1.29, 1.82) is 0 Å². The van der Waals surface area contributed by atoms with Crippen LogP contribution in [0.25, 0.3) is 0 Å². The van der Waals surface area contributed by atoms with Gasteiger partial charge in [0.15, 0.2) is 0 Å². The standard InChI is InChI=1S/C31H27ClN2/c32-30(25-13-5-1-6-14-25)22-21-29-23-34(24-33-29)31(26-15-7-2-8-16-26,27-17-9-3-10-18-27)28-19-11-4-12-20-28/h1-20,23-24,30H,21-22H2. The molecule has 1 atom stereocenters. The maximum Gasteiger partial charge on any atom is 0.121 e. The van der Waals surface area contributed by atoms with Crippen LogP contribution in [0.15, 0.2) is 134 Å². The van der Waals surface area contributed by atoms with Crippen molar-refractivity contribution in [3.05, 3.63) is 162 Å². The quantitative estimate of drug-likeness (QED) is 0.171. The minimum atomic E-state index is -0.533. The van der Waals surface area contributed by atoms with Crippen LogP contribution in [0.2, 0.25) is 0 Å². The molecule has 0 bridgehead atoms. The summed E-state index contributed by atoms with van der Waals surface area (Å²) in [5.74, 6) is 0. The van der Waals surface area contributed by atoms with Gasteiger partial charge < -0.3 is 4.57 Å². The van der Waals surface area contributed by atoms with Gasteiger partial charge in [0.25, 0.3) is 0 Å². The summed E-state index contributed by atoms with van der Waals surface area (Å²) in [7, 11) is 0. The van der Waals surface area contributed by atoms with E-state index in [9.17, 15) is 0 Å². The highest BCUT2D eigenvalue weighted by Gasteiger charge is 2.38. The molecule has 168 valence electrons. The predicted molar refractivity (Wildman–Crippen MR) is 140 cm³/mol. The molecule has 0 aliphatic heterocycles. The molecule has 5 rings (SSSR count). The van der Waals surface area contributed by atoms with E-state index in [2.05, 4.69) is 114 Å². The van der Waals surface area contributed by atoms with Crippen molar-refractivity contribution in [3.63, 3.8) is 0 Å². The molecule has 4 aromatic carbocycles. The summed E-state index contributed by atoms with van der Waals surface area (Å²) in [6.07, 6.45) is 5.79. The lowest BCUT2D eigenvalue weighted by Crippen LogP contribution is -2.36. The van der Waals surface area contributed by atoms with Crippen LogP contribution in [-0.2, 0) is 12.0 Å². The molecule has 1 aromatic heterocycles. The van der Waals surface area contributed by atoms with E-state index < -0.39 is 5.54 Å². The molecule has 0 saturated carbocycles. The first-order valence-electron chi connectivity index (χ1n) is 11.7. The number of halogens is 1. The zero-order valence-corrected chi connectivity index (χ0v) is 19.7. The van der Waals surface area contributed by atoms with Gasteiger partial charge >= 0.3 is 0 Å². The molecule has 0 aliphatic carbocycles. The number of alkyl halides is 1. The van der Waals surface area contributed by atoms with Crippen LogP contribution in [0.3, 0.4) is 0 Å². The largest absolute Gasteiger partial charge is 0.319 e. The van der Waals surface area contributed by atoms with Crippen molar-refractivity contribution >= 4 is 11.6 Å². The monoisotopic (exact) mass is 462 g/mol. The molecule has 0 fully saturated rings. The summed E-state index contributed by atoms with van der Waals surface area (Å²) in [6.45, 7) is 0. The van der Waals surface area contributed by atoms with Crippen molar-refractivity contribution in [2.24, 2.45) is 0 Å². The van der Waals surface area contributed by atoms with Gasteiger partial charge in [-0.25, -0.2) is 4.98 Å². The van der Waals surface area contributed by atoms with Gasteiger partial charge in [0.05, 0.1) is 17.4 Å². The van der Waals surface area contributed by atoms with E-state index in [1.807, 2.05) is 24.5 Å².